The van der Waals surface area contributed by atoms with Crippen LogP contribution in [-0.4, -0.2) is 15.0 Å². The maximum atomic E-state index is 13.9. The minimum Gasteiger partial charge on any atom is -0.439 e. The van der Waals surface area contributed by atoms with Crippen molar-refractivity contribution in [3.63, 3.8) is 0 Å². The molecule has 0 aliphatic carbocycles. The molecule has 0 N–H and O–H groups in total. The van der Waals surface area contributed by atoms with E-state index < -0.39 is 0 Å². The molecular formula is C22H19ClFN3OS. The molecule has 3 aromatic heterocycles. The highest BCUT2D eigenvalue weighted by Crippen LogP contribution is 2.26. The maximum absolute atomic E-state index is 13.9. The van der Waals surface area contributed by atoms with Crippen LogP contribution in [0.15, 0.2) is 46.3 Å². The van der Waals surface area contributed by atoms with E-state index in [1.807, 2.05) is 37.6 Å². The van der Waals surface area contributed by atoms with Gasteiger partial charge in [0.15, 0.2) is 11.7 Å². The smallest absolute Gasteiger partial charge is 0.192 e. The summed E-state index contributed by atoms with van der Waals surface area (Å²) in [6.45, 7) is 3.75. The van der Waals surface area contributed by atoms with Crippen molar-refractivity contribution in [1.29, 1.82) is 0 Å². The van der Waals surface area contributed by atoms with Crippen LogP contribution in [0, 0.1) is 19.7 Å². The van der Waals surface area contributed by atoms with Crippen LogP contribution in [0.4, 0.5) is 4.39 Å². The molecule has 0 aliphatic heterocycles. The molecule has 0 radical (unpaired) electrons. The number of oxazole rings is 1. The van der Waals surface area contributed by atoms with Crippen LogP contribution in [0.2, 0.25) is 5.02 Å². The van der Waals surface area contributed by atoms with Gasteiger partial charge in [-0.15, -0.1) is 11.3 Å². The van der Waals surface area contributed by atoms with Gasteiger partial charge in [0.25, 0.3) is 0 Å². The van der Waals surface area contributed by atoms with Gasteiger partial charge in [-0.2, -0.15) is 0 Å². The number of aryl methyl sites for hydroxylation is 4. The summed E-state index contributed by atoms with van der Waals surface area (Å²) >= 11 is 7.38. The summed E-state index contributed by atoms with van der Waals surface area (Å²) in [7, 11) is 0. The lowest BCUT2D eigenvalue weighted by molar-refractivity contribution is 0.532. The molecule has 4 nitrogen and oxygen atoms in total. The molecule has 3 heterocycles. The number of thiazole rings is 1. The van der Waals surface area contributed by atoms with Gasteiger partial charge in [-0.1, -0.05) is 23.7 Å². The molecular weight excluding hydrogens is 409 g/mol. The molecule has 0 atom stereocenters. The topological polar surface area (TPSA) is 51.8 Å². The third-order valence-electron chi connectivity index (χ3n) is 4.60. The average Bonchev–Trinajstić information content (AvgIpc) is 3.28. The Morgan fingerprint density at radius 1 is 1.10 bits per heavy atom. The van der Waals surface area contributed by atoms with E-state index >= 15 is 0 Å². The Kier molecular flexibility index (Phi) is 5.74. The number of aromatic nitrogens is 3. The van der Waals surface area contributed by atoms with E-state index in [9.17, 15) is 4.39 Å². The summed E-state index contributed by atoms with van der Waals surface area (Å²) in [5.74, 6) is 1.10. The standard InChI is InChI=1S/C22H19ClFN3OS/c1-13-22(28-14(2)26-13)20-12-29-21(27-20)10-18-8-4-15(11-25-18)3-5-16-6-7-17(23)9-19(16)24/h4,6-9,11-12H,3,5,10H2,1-2H3. The first-order valence-electron chi connectivity index (χ1n) is 9.24. The number of halogens is 2. The highest BCUT2D eigenvalue weighted by molar-refractivity contribution is 7.10. The molecule has 0 bridgehead atoms. The Labute approximate surface area is 177 Å². The second kappa shape index (κ2) is 8.43. The molecule has 0 saturated carbocycles. The number of hydrogen-bond donors (Lipinski definition) is 0. The molecule has 0 saturated heterocycles. The lowest BCUT2D eigenvalue weighted by Gasteiger charge is -2.05. The van der Waals surface area contributed by atoms with Gasteiger partial charge in [-0.25, -0.2) is 14.4 Å². The zero-order valence-electron chi connectivity index (χ0n) is 16.1. The van der Waals surface area contributed by atoms with Crippen LogP contribution in [-0.2, 0) is 19.3 Å². The van der Waals surface area contributed by atoms with Crippen molar-refractivity contribution in [2.45, 2.75) is 33.1 Å². The molecule has 0 unspecified atom stereocenters. The summed E-state index contributed by atoms with van der Waals surface area (Å²) in [5.41, 5.74) is 4.32. The van der Waals surface area contributed by atoms with Crippen molar-refractivity contribution < 1.29 is 8.81 Å². The Hall–Kier alpha value is -2.57. The van der Waals surface area contributed by atoms with Crippen molar-refractivity contribution in [1.82, 2.24) is 15.0 Å². The van der Waals surface area contributed by atoms with Crippen molar-refractivity contribution >= 4 is 22.9 Å². The summed E-state index contributed by atoms with van der Waals surface area (Å²) in [6.07, 6.45) is 3.83. The van der Waals surface area contributed by atoms with E-state index in [4.69, 9.17) is 16.0 Å². The van der Waals surface area contributed by atoms with Crippen LogP contribution in [0.25, 0.3) is 11.5 Å². The van der Waals surface area contributed by atoms with E-state index in [1.165, 1.54) is 6.07 Å². The predicted molar refractivity (Wildman–Crippen MR) is 113 cm³/mol. The number of nitrogens with zero attached hydrogens (tertiary/aromatic N) is 3. The Morgan fingerprint density at radius 2 is 1.97 bits per heavy atom. The van der Waals surface area contributed by atoms with Crippen LogP contribution >= 0.6 is 22.9 Å². The molecule has 29 heavy (non-hydrogen) atoms. The minimum atomic E-state index is -0.265. The Bertz CT molecular complexity index is 1140. The summed E-state index contributed by atoms with van der Waals surface area (Å²) in [6, 6.07) is 8.83. The second-order valence-corrected chi connectivity index (χ2v) is 8.22. The first-order valence-corrected chi connectivity index (χ1v) is 10.5. The lowest BCUT2D eigenvalue weighted by atomic mass is 10.0. The monoisotopic (exact) mass is 427 g/mol. The van der Waals surface area contributed by atoms with Gasteiger partial charge in [0, 0.05) is 35.6 Å². The van der Waals surface area contributed by atoms with Crippen LogP contribution in [0.1, 0.15) is 33.4 Å². The predicted octanol–water partition coefficient (Wildman–Crippen LogP) is 5.98. The van der Waals surface area contributed by atoms with Gasteiger partial charge in [0.2, 0.25) is 0 Å². The molecule has 7 heteroatoms. The normalized spacial score (nSPS) is 11.2. The van der Waals surface area contributed by atoms with Gasteiger partial charge in [-0.3, -0.25) is 4.98 Å². The first-order chi connectivity index (χ1) is 14.0. The van der Waals surface area contributed by atoms with Gasteiger partial charge in [0.05, 0.1) is 10.7 Å². The van der Waals surface area contributed by atoms with Crippen molar-refractivity contribution in [2.24, 2.45) is 0 Å². The van der Waals surface area contributed by atoms with E-state index in [0.29, 0.717) is 29.3 Å². The molecule has 4 rings (SSSR count). The minimum absolute atomic E-state index is 0.265. The van der Waals surface area contributed by atoms with Gasteiger partial charge in [-0.05, 0) is 49.1 Å². The van der Waals surface area contributed by atoms with Gasteiger partial charge >= 0.3 is 0 Å². The summed E-state index contributed by atoms with van der Waals surface area (Å²) < 4.78 is 19.5. The van der Waals surface area contributed by atoms with E-state index in [2.05, 4.69) is 15.0 Å². The van der Waals surface area contributed by atoms with Crippen molar-refractivity contribution in [3.8, 4) is 11.5 Å². The van der Waals surface area contributed by atoms with Gasteiger partial charge in [0.1, 0.15) is 11.5 Å². The van der Waals surface area contributed by atoms with E-state index in [1.54, 1.807) is 23.5 Å². The second-order valence-electron chi connectivity index (χ2n) is 6.84. The fourth-order valence-electron chi connectivity index (χ4n) is 3.13. The fraction of sp³-hybridized carbons (Fsp3) is 0.227. The van der Waals surface area contributed by atoms with Crippen LogP contribution in [0.3, 0.4) is 0 Å². The SMILES string of the molecule is Cc1nc(C)c(-c2csc(Cc3ccc(CCc4ccc(Cl)cc4F)cn3)n2)o1. The average molecular weight is 428 g/mol. The number of hydrogen-bond acceptors (Lipinski definition) is 5. The molecule has 0 fully saturated rings. The van der Waals surface area contributed by atoms with Crippen molar-refractivity contribution in [3.05, 3.63) is 86.2 Å². The van der Waals surface area contributed by atoms with Crippen molar-refractivity contribution in [2.75, 3.05) is 0 Å². The molecule has 4 aromatic rings. The molecule has 0 spiro atoms. The number of benzene rings is 1. The van der Waals surface area contributed by atoms with E-state index in [-0.39, 0.29) is 5.82 Å². The third-order valence-corrected chi connectivity index (χ3v) is 5.69. The molecule has 0 aliphatic rings. The third kappa shape index (κ3) is 4.71. The zero-order valence-corrected chi connectivity index (χ0v) is 17.6. The fourth-order valence-corrected chi connectivity index (χ4v) is 4.08. The van der Waals surface area contributed by atoms with Gasteiger partial charge < -0.3 is 4.42 Å². The first kappa shape index (κ1) is 19.7. The zero-order chi connectivity index (χ0) is 20.4. The maximum Gasteiger partial charge on any atom is 0.192 e. The highest BCUT2D eigenvalue weighted by Gasteiger charge is 2.13. The highest BCUT2D eigenvalue weighted by atomic mass is 35.5. The Morgan fingerprint density at radius 3 is 2.66 bits per heavy atom. The summed E-state index contributed by atoms with van der Waals surface area (Å²) in [4.78, 5) is 13.5. The summed E-state index contributed by atoms with van der Waals surface area (Å²) in [5, 5.41) is 3.37. The lowest BCUT2D eigenvalue weighted by Crippen LogP contribution is -1.97. The molecule has 148 valence electrons. The quantitative estimate of drug-likeness (QED) is 0.380. The Balaban J connectivity index is 1.39. The van der Waals surface area contributed by atoms with Crippen LogP contribution in [0.5, 0.6) is 0 Å². The molecule has 1 aromatic carbocycles. The van der Waals surface area contributed by atoms with Crippen LogP contribution < -0.4 is 0 Å². The number of rotatable bonds is 6. The molecule has 0 amide bonds. The number of pyridine rings is 1. The largest absolute Gasteiger partial charge is 0.439 e. The van der Waals surface area contributed by atoms with E-state index in [0.717, 1.165) is 39.8 Å².